The Morgan fingerprint density at radius 3 is 2.42 bits per heavy atom. The standard InChI is InChI=1S/C17H22O2/c1-2-13-6-8-14(9-7-13)19-16-12-15(18)17(16)10-4-3-5-11-17/h6-9,16H,2-5,10-12H2,1H3. The molecule has 2 saturated carbocycles. The first-order chi connectivity index (χ1) is 9.24. The van der Waals surface area contributed by atoms with Gasteiger partial charge in [-0.2, -0.15) is 0 Å². The van der Waals surface area contributed by atoms with E-state index in [0.29, 0.717) is 12.2 Å². The minimum absolute atomic E-state index is 0.118. The number of ether oxygens (including phenoxy) is 1. The van der Waals surface area contributed by atoms with E-state index in [1.54, 1.807) is 0 Å². The second-order valence-electron chi connectivity index (χ2n) is 5.95. The average molecular weight is 258 g/mol. The molecule has 0 bridgehead atoms. The Bertz CT molecular complexity index is 455. The number of Topliss-reactive ketones (excluding diaryl/α,β-unsaturated/α-hetero) is 1. The number of aryl methyl sites for hydroxylation is 1. The number of ketones is 1. The quantitative estimate of drug-likeness (QED) is 0.821. The number of rotatable bonds is 3. The van der Waals surface area contributed by atoms with Gasteiger partial charge in [0.25, 0.3) is 0 Å². The molecule has 0 aliphatic heterocycles. The lowest BCUT2D eigenvalue weighted by Gasteiger charge is -2.49. The van der Waals surface area contributed by atoms with Crippen LogP contribution in [-0.2, 0) is 11.2 Å². The van der Waals surface area contributed by atoms with Crippen LogP contribution in [0.1, 0.15) is 51.0 Å². The van der Waals surface area contributed by atoms with Gasteiger partial charge in [-0.1, -0.05) is 38.3 Å². The maximum atomic E-state index is 12.0. The Labute approximate surface area is 115 Å². The molecule has 2 fully saturated rings. The summed E-state index contributed by atoms with van der Waals surface area (Å²) in [7, 11) is 0. The van der Waals surface area contributed by atoms with Crippen LogP contribution in [0.4, 0.5) is 0 Å². The van der Waals surface area contributed by atoms with Gasteiger partial charge < -0.3 is 4.74 Å². The van der Waals surface area contributed by atoms with Crippen molar-refractivity contribution >= 4 is 5.78 Å². The van der Waals surface area contributed by atoms with Gasteiger partial charge in [0.15, 0.2) is 0 Å². The fraction of sp³-hybridized carbons (Fsp3) is 0.588. The number of carbonyl (C=O) groups excluding carboxylic acids is 1. The summed E-state index contributed by atoms with van der Waals surface area (Å²) >= 11 is 0. The fourth-order valence-corrected chi connectivity index (χ4v) is 3.52. The highest BCUT2D eigenvalue weighted by molar-refractivity contribution is 5.92. The van der Waals surface area contributed by atoms with Crippen molar-refractivity contribution < 1.29 is 9.53 Å². The van der Waals surface area contributed by atoms with Gasteiger partial charge in [0, 0.05) is 6.42 Å². The van der Waals surface area contributed by atoms with Crippen LogP contribution in [0.3, 0.4) is 0 Å². The predicted molar refractivity (Wildman–Crippen MR) is 75.4 cm³/mol. The zero-order valence-corrected chi connectivity index (χ0v) is 11.7. The van der Waals surface area contributed by atoms with Gasteiger partial charge in [-0.15, -0.1) is 0 Å². The lowest BCUT2D eigenvalue weighted by molar-refractivity contribution is -0.156. The van der Waals surface area contributed by atoms with Gasteiger partial charge >= 0.3 is 0 Å². The number of benzene rings is 1. The van der Waals surface area contributed by atoms with E-state index in [1.165, 1.54) is 24.8 Å². The molecule has 2 heteroatoms. The first kappa shape index (κ1) is 12.7. The third-order valence-electron chi connectivity index (χ3n) is 4.90. The second-order valence-corrected chi connectivity index (χ2v) is 5.95. The lowest BCUT2D eigenvalue weighted by Crippen LogP contribution is -2.57. The van der Waals surface area contributed by atoms with Gasteiger partial charge in [-0.05, 0) is 37.0 Å². The average Bonchev–Trinajstić information content (AvgIpc) is 2.48. The highest BCUT2D eigenvalue weighted by atomic mass is 16.5. The van der Waals surface area contributed by atoms with E-state index in [4.69, 9.17) is 4.74 Å². The van der Waals surface area contributed by atoms with Crippen molar-refractivity contribution in [3.05, 3.63) is 29.8 Å². The Hall–Kier alpha value is -1.31. The zero-order valence-electron chi connectivity index (χ0n) is 11.7. The summed E-state index contributed by atoms with van der Waals surface area (Å²) in [6.07, 6.45) is 7.47. The molecule has 19 heavy (non-hydrogen) atoms. The van der Waals surface area contributed by atoms with Crippen LogP contribution in [-0.4, -0.2) is 11.9 Å². The van der Waals surface area contributed by atoms with Crippen molar-refractivity contribution in [1.29, 1.82) is 0 Å². The van der Waals surface area contributed by atoms with Crippen LogP contribution in [0.25, 0.3) is 0 Å². The van der Waals surface area contributed by atoms with Crippen LogP contribution in [0.15, 0.2) is 24.3 Å². The Balaban J connectivity index is 1.70. The van der Waals surface area contributed by atoms with E-state index in [-0.39, 0.29) is 11.5 Å². The lowest BCUT2D eigenvalue weighted by atomic mass is 9.57. The van der Waals surface area contributed by atoms with Crippen molar-refractivity contribution in [3.8, 4) is 5.75 Å². The summed E-state index contributed by atoms with van der Waals surface area (Å²) in [5.74, 6) is 1.35. The minimum atomic E-state index is -0.137. The van der Waals surface area contributed by atoms with Crippen LogP contribution in [0, 0.1) is 5.41 Å². The van der Waals surface area contributed by atoms with E-state index >= 15 is 0 Å². The molecular weight excluding hydrogens is 236 g/mol. The number of hydrogen-bond donors (Lipinski definition) is 0. The second kappa shape index (κ2) is 4.99. The summed E-state index contributed by atoms with van der Waals surface area (Å²) in [6.45, 7) is 2.15. The molecule has 1 aromatic carbocycles. The fourth-order valence-electron chi connectivity index (χ4n) is 3.52. The minimum Gasteiger partial charge on any atom is -0.489 e. The first-order valence-electron chi connectivity index (χ1n) is 7.53. The molecule has 0 amide bonds. The monoisotopic (exact) mass is 258 g/mol. The van der Waals surface area contributed by atoms with E-state index in [1.807, 2.05) is 12.1 Å². The third-order valence-corrected chi connectivity index (χ3v) is 4.90. The van der Waals surface area contributed by atoms with Gasteiger partial charge in [-0.25, -0.2) is 0 Å². The zero-order chi connectivity index (χ0) is 13.3. The molecule has 3 rings (SSSR count). The molecule has 0 aromatic heterocycles. The number of carbonyl (C=O) groups is 1. The van der Waals surface area contributed by atoms with Crippen molar-refractivity contribution in [2.24, 2.45) is 5.41 Å². The van der Waals surface area contributed by atoms with E-state index in [0.717, 1.165) is 25.0 Å². The smallest absolute Gasteiger partial charge is 0.146 e. The molecule has 0 heterocycles. The first-order valence-corrected chi connectivity index (χ1v) is 7.53. The molecule has 0 radical (unpaired) electrons. The van der Waals surface area contributed by atoms with E-state index in [9.17, 15) is 4.79 Å². The van der Waals surface area contributed by atoms with Gasteiger partial charge in [-0.3, -0.25) is 4.79 Å². The molecule has 1 aromatic rings. The molecule has 1 spiro atoms. The third kappa shape index (κ3) is 2.18. The molecular formula is C17H22O2. The molecule has 1 atom stereocenters. The summed E-state index contributed by atoms with van der Waals surface area (Å²) in [5, 5.41) is 0. The molecule has 2 aliphatic rings. The highest BCUT2D eigenvalue weighted by Crippen LogP contribution is 2.50. The molecule has 2 aliphatic carbocycles. The summed E-state index contributed by atoms with van der Waals surface area (Å²) in [5.41, 5.74) is 1.19. The van der Waals surface area contributed by atoms with Gasteiger partial charge in [0.05, 0.1) is 5.41 Å². The summed E-state index contributed by atoms with van der Waals surface area (Å²) < 4.78 is 6.09. The van der Waals surface area contributed by atoms with Crippen molar-refractivity contribution in [1.82, 2.24) is 0 Å². The maximum Gasteiger partial charge on any atom is 0.146 e. The topological polar surface area (TPSA) is 26.3 Å². The van der Waals surface area contributed by atoms with Crippen molar-refractivity contribution in [2.75, 3.05) is 0 Å². The summed E-state index contributed by atoms with van der Waals surface area (Å²) in [4.78, 5) is 12.0. The SMILES string of the molecule is CCc1ccc(OC2CC(=O)C23CCCCC3)cc1. The van der Waals surface area contributed by atoms with E-state index in [2.05, 4.69) is 19.1 Å². The van der Waals surface area contributed by atoms with E-state index < -0.39 is 0 Å². The van der Waals surface area contributed by atoms with Crippen LogP contribution in [0.5, 0.6) is 5.75 Å². The largest absolute Gasteiger partial charge is 0.489 e. The number of hydrogen-bond acceptors (Lipinski definition) is 2. The van der Waals surface area contributed by atoms with Gasteiger partial charge in [0.1, 0.15) is 17.6 Å². The Kier molecular flexibility index (Phi) is 3.34. The normalized spacial score (nSPS) is 25.1. The van der Waals surface area contributed by atoms with Gasteiger partial charge in [0.2, 0.25) is 0 Å². The molecule has 2 nitrogen and oxygen atoms in total. The van der Waals surface area contributed by atoms with Crippen LogP contribution < -0.4 is 4.74 Å². The Morgan fingerprint density at radius 1 is 1.16 bits per heavy atom. The highest BCUT2D eigenvalue weighted by Gasteiger charge is 2.56. The maximum absolute atomic E-state index is 12.0. The molecule has 0 N–H and O–H groups in total. The van der Waals surface area contributed by atoms with Crippen molar-refractivity contribution in [3.63, 3.8) is 0 Å². The molecule has 1 unspecified atom stereocenters. The predicted octanol–water partition coefficient (Wildman–Crippen LogP) is 3.92. The molecule has 102 valence electrons. The Morgan fingerprint density at radius 2 is 1.84 bits per heavy atom. The van der Waals surface area contributed by atoms with Crippen molar-refractivity contribution in [2.45, 2.75) is 58.0 Å². The molecule has 0 saturated heterocycles. The van der Waals surface area contributed by atoms with Crippen LogP contribution >= 0.6 is 0 Å². The summed E-state index contributed by atoms with van der Waals surface area (Å²) in [6, 6.07) is 8.31. The van der Waals surface area contributed by atoms with Crippen LogP contribution in [0.2, 0.25) is 0 Å².